The summed E-state index contributed by atoms with van der Waals surface area (Å²) >= 11 is 9.33. The zero-order valence-electron chi connectivity index (χ0n) is 10.9. The average Bonchev–Trinajstić information content (AvgIpc) is 2.86. The van der Waals surface area contributed by atoms with Gasteiger partial charge in [-0.05, 0) is 38.1 Å². The Morgan fingerprint density at radius 3 is 2.79 bits per heavy atom. The van der Waals surface area contributed by atoms with Crippen LogP contribution in [0.4, 0.5) is 0 Å². The first-order valence-electron chi connectivity index (χ1n) is 6.11. The van der Waals surface area contributed by atoms with Crippen LogP contribution in [-0.4, -0.2) is 9.78 Å². The normalized spacial score (nSPS) is 11.0. The predicted molar refractivity (Wildman–Crippen MR) is 80.6 cm³/mol. The van der Waals surface area contributed by atoms with Gasteiger partial charge in [-0.25, -0.2) is 0 Å². The molecule has 0 radical (unpaired) electrons. The average molecular weight is 344 g/mol. The van der Waals surface area contributed by atoms with Crippen LogP contribution in [-0.2, 0) is 12.5 Å². The SMILES string of the molecule is CC(C)n1ccc(COc2ccc(Br)cc2CCl)n1. The van der Waals surface area contributed by atoms with Gasteiger partial charge in [0.2, 0.25) is 0 Å². The lowest BCUT2D eigenvalue weighted by molar-refractivity contribution is 0.296. The molecule has 0 spiro atoms. The second-order valence-electron chi connectivity index (χ2n) is 4.56. The van der Waals surface area contributed by atoms with E-state index in [-0.39, 0.29) is 0 Å². The Labute approximate surface area is 126 Å². The first-order chi connectivity index (χ1) is 9.10. The minimum atomic E-state index is 0.361. The van der Waals surface area contributed by atoms with E-state index in [2.05, 4.69) is 34.9 Å². The molecule has 102 valence electrons. The summed E-state index contributed by atoms with van der Waals surface area (Å²) in [6.45, 7) is 4.64. The van der Waals surface area contributed by atoms with Gasteiger partial charge in [-0.15, -0.1) is 11.6 Å². The van der Waals surface area contributed by atoms with Gasteiger partial charge in [0.1, 0.15) is 12.4 Å². The highest BCUT2D eigenvalue weighted by molar-refractivity contribution is 9.10. The van der Waals surface area contributed by atoms with Gasteiger partial charge >= 0.3 is 0 Å². The molecule has 0 atom stereocenters. The topological polar surface area (TPSA) is 27.1 Å². The van der Waals surface area contributed by atoms with E-state index < -0.39 is 0 Å². The van der Waals surface area contributed by atoms with Crippen molar-refractivity contribution >= 4 is 27.5 Å². The molecule has 0 saturated carbocycles. The molecule has 0 fully saturated rings. The Balaban J connectivity index is 2.05. The molecule has 3 nitrogen and oxygen atoms in total. The highest BCUT2D eigenvalue weighted by Crippen LogP contribution is 2.25. The second kappa shape index (κ2) is 6.44. The quantitative estimate of drug-likeness (QED) is 0.745. The molecule has 2 rings (SSSR count). The van der Waals surface area contributed by atoms with Crippen LogP contribution < -0.4 is 4.74 Å². The van der Waals surface area contributed by atoms with Crippen LogP contribution in [0.25, 0.3) is 0 Å². The molecular weight excluding hydrogens is 328 g/mol. The fourth-order valence-corrected chi connectivity index (χ4v) is 2.30. The van der Waals surface area contributed by atoms with E-state index in [0.717, 1.165) is 21.5 Å². The van der Waals surface area contributed by atoms with Crippen LogP contribution in [0.5, 0.6) is 5.75 Å². The molecule has 0 N–H and O–H groups in total. The number of hydrogen-bond donors (Lipinski definition) is 0. The molecule has 0 bridgehead atoms. The van der Waals surface area contributed by atoms with Crippen LogP contribution in [0.1, 0.15) is 31.1 Å². The van der Waals surface area contributed by atoms with Crippen molar-refractivity contribution in [1.29, 1.82) is 0 Å². The third kappa shape index (κ3) is 3.74. The van der Waals surface area contributed by atoms with Crippen LogP contribution in [0.15, 0.2) is 34.9 Å². The van der Waals surface area contributed by atoms with Gasteiger partial charge in [0, 0.05) is 22.3 Å². The number of nitrogens with zero attached hydrogens (tertiary/aromatic N) is 2. The Hall–Kier alpha value is -1.00. The van der Waals surface area contributed by atoms with E-state index in [4.69, 9.17) is 16.3 Å². The van der Waals surface area contributed by atoms with E-state index in [1.807, 2.05) is 35.1 Å². The summed E-state index contributed by atoms with van der Waals surface area (Å²) in [5.74, 6) is 1.23. The summed E-state index contributed by atoms with van der Waals surface area (Å²) in [6, 6.07) is 8.16. The fraction of sp³-hybridized carbons (Fsp3) is 0.357. The molecule has 1 aromatic carbocycles. The van der Waals surface area contributed by atoms with Gasteiger partial charge < -0.3 is 4.74 Å². The highest BCUT2D eigenvalue weighted by Gasteiger charge is 2.06. The van der Waals surface area contributed by atoms with Gasteiger partial charge in [0.15, 0.2) is 0 Å². The Morgan fingerprint density at radius 2 is 2.16 bits per heavy atom. The standard InChI is InChI=1S/C14H16BrClN2O/c1-10(2)18-6-5-13(17-18)9-19-14-4-3-12(15)7-11(14)8-16/h3-7,10H,8-9H2,1-2H3. The highest BCUT2D eigenvalue weighted by atomic mass is 79.9. The number of rotatable bonds is 5. The predicted octanol–water partition coefficient (Wildman–Crippen LogP) is 4.54. The Kier molecular flexibility index (Phi) is 4.88. The summed E-state index contributed by atoms with van der Waals surface area (Å²) in [5.41, 5.74) is 1.89. The Morgan fingerprint density at radius 1 is 1.37 bits per heavy atom. The van der Waals surface area contributed by atoms with Gasteiger partial charge in [0.25, 0.3) is 0 Å². The van der Waals surface area contributed by atoms with Crippen molar-refractivity contribution in [2.45, 2.75) is 32.4 Å². The lowest BCUT2D eigenvalue weighted by Crippen LogP contribution is -2.04. The zero-order chi connectivity index (χ0) is 13.8. The number of ether oxygens (including phenoxy) is 1. The van der Waals surface area contributed by atoms with Gasteiger partial charge in [-0.1, -0.05) is 15.9 Å². The first-order valence-corrected chi connectivity index (χ1v) is 7.44. The molecule has 19 heavy (non-hydrogen) atoms. The molecule has 1 heterocycles. The molecule has 5 heteroatoms. The summed E-state index contributed by atoms with van der Waals surface area (Å²) < 4.78 is 8.70. The molecular formula is C14H16BrClN2O. The zero-order valence-corrected chi connectivity index (χ0v) is 13.3. The van der Waals surface area contributed by atoms with Crippen molar-refractivity contribution in [1.82, 2.24) is 9.78 Å². The molecule has 2 aromatic rings. The molecule has 0 amide bonds. The molecule has 0 aliphatic carbocycles. The third-order valence-electron chi connectivity index (χ3n) is 2.73. The summed E-state index contributed by atoms with van der Waals surface area (Å²) in [7, 11) is 0. The van der Waals surface area contributed by atoms with E-state index >= 15 is 0 Å². The maximum Gasteiger partial charge on any atom is 0.132 e. The lowest BCUT2D eigenvalue weighted by Gasteiger charge is -2.09. The van der Waals surface area contributed by atoms with Crippen molar-refractivity contribution in [3.63, 3.8) is 0 Å². The summed E-state index contributed by atoms with van der Waals surface area (Å²) in [5, 5.41) is 4.45. The van der Waals surface area contributed by atoms with E-state index in [9.17, 15) is 0 Å². The largest absolute Gasteiger partial charge is 0.487 e. The number of hydrogen-bond acceptors (Lipinski definition) is 2. The fourth-order valence-electron chi connectivity index (χ4n) is 1.69. The number of benzene rings is 1. The maximum absolute atomic E-state index is 5.91. The Bertz CT molecular complexity index is 554. The van der Waals surface area contributed by atoms with Crippen LogP contribution in [0.3, 0.4) is 0 Å². The van der Waals surface area contributed by atoms with E-state index in [1.54, 1.807) is 0 Å². The maximum atomic E-state index is 5.91. The van der Waals surface area contributed by atoms with Crippen LogP contribution >= 0.6 is 27.5 Å². The number of halogens is 2. The minimum Gasteiger partial charge on any atom is -0.487 e. The van der Waals surface area contributed by atoms with E-state index in [0.29, 0.717) is 18.5 Å². The van der Waals surface area contributed by atoms with Gasteiger partial charge in [-0.3, -0.25) is 4.68 Å². The van der Waals surface area contributed by atoms with Crippen LogP contribution in [0.2, 0.25) is 0 Å². The van der Waals surface area contributed by atoms with Crippen molar-refractivity contribution in [2.75, 3.05) is 0 Å². The van der Waals surface area contributed by atoms with Gasteiger partial charge in [-0.2, -0.15) is 5.10 Å². The summed E-state index contributed by atoms with van der Waals surface area (Å²) in [4.78, 5) is 0. The van der Waals surface area contributed by atoms with Crippen molar-refractivity contribution in [3.05, 3.63) is 46.2 Å². The lowest BCUT2D eigenvalue weighted by atomic mass is 10.2. The molecule has 0 aliphatic rings. The first kappa shape index (κ1) is 14.4. The van der Waals surface area contributed by atoms with E-state index in [1.165, 1.54) is 0 Å². The molecule has 0 unspecified atom stereocenters. The molecule has 0 saturated heterocycles. The van der Waals surface area contributed by atoms with Crippen molar-refractivity contribution in [3.8, 4) is 5.75 Å². The number of alkyl halides is 1. The number of aromatic nitrogens is 2. The molecule has 0 aliphatic heterocycles. The molecule has 1 aromatic heterocycles. The summed E-state index contributed by atoms with van der Waals surface area (Å²) in [6.07, 6.45) is 1.97. The third-order valence-corrected chi connectivity index (χ3v) is 3.52. The van der Waals surface area contributed by atoms with Crippen molar-refractivity contribution < 1.29 is 4.74 Å². The van der Waals surface area contributed by atoms with Crippen LogP contribution in [0, 0.1) is 0 Å². The van der Waals surface area contributed by atoms with Gasteiger partial charge in [0.05, 0.1) is 11.6 Å². The monoisotopic (exact) mass is 342 g/mol. The minimum absolute atomic E-state index is 0.361. The second-order valence-corrected chi connectivity index (χ2v) is 5.74. The smallest absolute Gasteiger partial charge is 0.132 e. The van der Waals surface area contributed by atoms with Crippen molar-refractivity contribution in [2.24, 2.45) is 0 Å².